The molecule has 0 unspecified atom stereocenters. The molecule has 2 rings (SSSR count). The van der Waals surface area contributed by atoms with Gasteiger partial charge in [-0.2, -0.15) is 13.2 Å². The molecule has 1 aliphatic rings. The van der Waals surface area contributed by atoms with Crippen molar-refractivity contribution in [2.45, 2.75) is 29.5 Å². The summed E-state index contributed by atoms with van der Waals surface area (Å²) in [5.41, 5.74) is -1.97. The molecule has 1 fully saturated rings. The molecule has 4 nitrogen and oxygen atoms in total. The van der Waals surface area contributed by atoms with E-state index in [0.29, 0.717) is 5.69 Å². The minimum atomic E-state index is -4.63. The summed E-state index contributed by atoms with van der Waals surface area (Å²) in [6.45, 7) is 0.0833. The molecule has 1 aromatic rings. The van der Waals surface area contributed by atoms with Crippen LogP contribution in [0.2, 0.25) is 0 Å². The summed E-state index contributed by atoms with van der Waals surface area (Å²) in [5.74, 6) is -0.277. The third-order valence-electron chi connectivity index (χ3n) is 3.93. The van der Waals surface area contributed by atoms with E-state index in [4.69, 9.17) is 0 Å². The fraction of sp³-hybridized carbons (Fsp3) is 0.533. The lowest BCUT2D eigenvalue weighted by Crippen LogP contribution is -2.54. The summed E-state index contributed by atoms with van der Waals surface area (Å²) in [4.78, 5) is 14.6. The number of alkyl halides is 3. The maximum atomic E-state index is 12.7. The first-order chi connectivity index (χ1) is 10.7. The number of halogens is 3. The maximum Gasteiger partial charge on any atom is 0.417 e. The van der Waals surface area contributed by atoms with Crippen molar-refractivity contribution < 1.29 is 23.1 Å². The molecule has 1 aliphatic heterocycles. The van der Waals surface area contributed by atoms with E-state index in [1.807, 2.05) is 24.5 Å². The first-order valence-electron chi connectivity index (χ1n) is 7.19. The van der Waals surface area contributed by atoms with Crippen molar-refractivity contribution in [2.24, 2.45) is 0 Å². The van der Waals surface area contributed by atoms with Crippen molar-refractivity contribution >= 4 is 23.4 Å². The molecular weight excluding hydrogens is 329 g/mol. The Morgan fingerprint density at radius 3 is 2.61 bits per heavy atom. The highest BCUT2D eigenvalue weighted by Gasteiger charge is 2.54. The van der Waals surface area contributed by atoms with Gasteiger partial charge in [-0.3, -0.25) is 9.69 Å². The molecule has 0 spiro atoms. The second kappa shape index (κ2) is 7.11. The highest BCUT2D eigenvalue weighted by Crippen LogP contribution is 2.38. The number of likely N-dealkylation sites (tertiary alicyclic amines) is 1. The van der Waals surface area contributed by atoms with Crippen LogP contribution in [0.3, 0.4) is 0 Å². The van der Waals surface area contributed by atoms with Crippen molar-refractivity contribution in [3.63, 3.8) is 0 Å². The number of thioether (sulfide) groups is 1. The number of piperidine rings is 1. The summed E-state index contributed by atoms with van der Waals surface area (Å²) in [6.07, 6.45) is -3.52. The molecule has 0 radical (unpaired) electrons. The zero-order valence-electron chi connectivity index (χ0n) is 12.7. The Morgan fingerprint density at radius 2 is 2.04 bits per heavy atom. The Morgan fingerprint density at radius 1 is 1.39 bits per heavy atom. The van der Waals surface area contributed by atoms with Crippen LogP contribution in [-0.4, -0.2) is 53.6 Å². The Hall–Kier alpha value is -1.25. The van der Waals surface area contributed by atoms with E-state index in [1.54, 1.807) is 22.7 Å². The van der Waals surface area contributed by atoms with Crippen LogP contribution >= 0.6 is 11.8 Å². The zero-order valence-corrected chi connectivity index (χ0v) is 13.5. The normalized spacial score (nSPS) is 18.7. The number of benzene rings is 1. The molecule has 1 amide bonds. The summed E-state index contributed by atoms with van der Waals surface area (Å²) in [6, 6.07) is 7.34. The number of carbonyl (C=O) groups is 1. The fourth-order valence-corrected chi connectivity index (χ4v) is 2.93. The zero-order chi connectivity index (χ0) is 17.1. The lowest BCUT2D eigenvalue weighted by molar-refractivity contribution is -0.272. The molecular formula is C15H19F3N2O2S. The number of amides is 1. The van der Waals surface area contributed by atoms with Gasteiger partial charge in [0.25, 0.3) is 0 Å². The van der Waals surface area contributed by atoms with Crippen LogP contribution in [0.5, 0.6) is 0 Å². The molecule has 0 saturated carbocycles. The molecule has 0 bridgehead atoms. The van der Waals surface area contributed by atoms with Gasteiger partial charge in [-0.1, -0.05) is 6.07 Å². The van der Waals surface area contributed by atoms with Crippen molar-refractivity contribution in [2.75, 3.05) is 31.2 Å². The van der Waals surface area contributed by atoms with Crippen LogP contribution in [0.1, 0.15) is 12.8 Å². The molecule has 1 saturated heterocycles. The lowest BCUT2D eigenvalue weighted by Gasteiger charge is -2.38. The van der Waals surface area contributed by atoms with Gasteiger partial charge >= 0.3 is 6.18 Å². The van der Waals surface area contributed by atoms with Gasteiger partial charge in [0.05, 0.1) is 6.54 Å². The van der Waals surface area contributed by atoms with Crippen LogP contribution in [-0.2, 0) is 4.79 Å². The molecule has 1 aromatic carbocycles. The Labute approximate surface area is 137 Å². The van der Waals surface area contributed by atoms with Crippen molar-refractivity contribution in [3.05, 3.63) is 24.3 Å². The van der Waals surface area contributed by atoms with Crippen LogP contribution in [0.15, 0.2) is 29.2 Å². The van der Waals surface area contributed by atoms with Gasteiger partial charge in [0.1, 0.15) is 0 Å². The maximum absolute atomic E-state index is 12.7. The summed E-state index contributed by atoms with van der Waals surface area (Å²) in [7, 11) is 0. The first kappa shape index (κ1) is 18.1. The SMILES string of the molecule is CSc1cccc(NC(=O)CN2CCC(O)(C(F)(F)F)CC2)c1. The molecule has 0 aliphatic carbocycles. The van der Waals surface area contributed by atoms with Gasteiger partial charge in [0.15, 0.2) is 5.60 Å². The molecule has 0 atom stereocenters. The third-order valence-corrected chi connectivity index (χ3v) is 4.66. The number of aliphatic hydroxyl groups is 1. The summed E-state index contributed by atoms with van der Waals surface area (Å²) < 4.78 is 38.2. The standard InChI is InChI=1S/C15H19F3N2O2S/c1-23-12-4-2-3-11(9-12)19-13(21)10-20-7-5-14(22,6-8-20)15(16,17)18/h2-4,9,22H,5-8,10H2,1H3,(H,19,21). The van der Waals surface area contributed by atoms with E-state index in [1.165, 1.54) is 0 Å². The number of hydrogen-bond acceptors (Lipinski definition) is 4. The van der Waals surface area contributed by atoms with Gasteiger partial charge in [0.2, 0.25) is 5.91 Å². The predicted octanol–water partition coefficient (Wildman–Crippen LogP) is 2.74. The topological polar surface area (TPSA) is 52.6 Å². The second-order valence-corrected chi connectivity index (χ2v) is 6.47. The molecule has 23 heavy (non-hydrogen) atoms. The average molecular weight is 348 g/mol. The van der Waals surface area contributed by atoms with Crippen LogP contribution in [0, 0.1) is 0 Å². The smallest absolute Gasteiger partial charge is 0.380 e. The van der Waals surface area contributed by atoms with Crippen LogP contribution < -0.4 is 5.32 Å². The lowest BCUT2D eigenvalue weighted by atomic mass is 9.91. The number of nitrogens with one attached hydrogen (secondary N) is 1. The van der Waals surface area contributed by atoms with Gasteiger partial charge in [-0.15, -0.1) is 11.8 Å². The van der Waals surface area contributed by atoms with Gasteiger partial charge in [-0.05, 0) is 37.3 Å². The van der Waals surface area contributed by atoms with E-state index in [9.17, 15) is 23.1 Å². The minimum absolute atomic E-state index is 0.0113. The average Bonchev–Trinajstić information content (AvgIpc) is 2.49. The van der Waals surface area contributed by atoms with Crippen molar-refractivity contribution in [3.8, 4) is 0 Å². The number of rotatable bonds is 4. The van der Waals surface area contributed by atoms with E-state index in [2.05, 4.69) is 5.32 Å². The van der Waals surface area contributed by atoms with Crippen molar-refractivity contribution in [1.82, 2.24) is 4.90 Å². The third kappa shape index (κ3) is 4.62. The van der Waals surface area contributed by atoms with E-state index >= 15 is 0 Å². The number of hydrogen-bond donors (Lipinski definition) is 2. The Kier molecular flexibility index (Phi) is 5.59. The van der Waals surface area contributed by atoms with E-state index in [-0.39, 0.29) is 25.5 Å². The van der Waals surface area contributed by atoms with Crippen LogP contribution in [0.25, 0.3) is 0 Å². The van der Waals surface area contributed by atoms with Gasteiger partial charge < -0.3 is 10.4 Å². The number of anilines is 1. The quantitative estimate of drug-likeness (QED) is 0.822. The van der Waals surface area contributed by atoms with E-state index < -0.39 is 24.6 Å². The first-order valence-corrected chi connectivity index (χ1v) is 8.41. The molecule has 8 heteroatoms. The molecule has 0 aromatic heterocycles. The minimum Gasteiger partial charge on any atom is -0.380 e. The van der Waals surface area contributed by atoms with E-state index in [0.717, 1.165) is 4.90 Å². The highest BCUT2D eigenvalue weighted by atomic mass is 32.2. The van der Waals surface area contributed by atoms with Gasteiger partial charge in [-0.25, -0.2) is 0 Å². The molecule has 2 N–H and O–H groups in total. The summed E-state index contributed by atoms with van der Waals surface area (Å²) >= 11 is 1.55. The predicted molar refractivity (Wildman–Crippen MR) is 83.5 cm³/mol. The summed E-state index contributed by atoms with van der Waals surface area (Å²) in [5, 5.41) is 12.3. The van der Waals surface area contributed by atoms with Gasteiger partial charge in [0, 0.05) is 23.7 Å². The monoisotopic (exact) mass is 348 g/mol. The molecule has 1 heterocycles. The number of nitrogens with zero attached hydrogens (tertiary/aromatic N) is 1. The Bertz CT molecular complexity index is 558. The second-order valence-electron chi connectivity index (χ2n) is 5.59. The largest absolute Gasteiger partial charge is 0.417 e. The van der Waals surface area contributed by atoms with Crippen LogP contribution in [0.4, 0.5) is 18.9 Å². The Balaban J connectivity index is 1.85. The number of carbonyl (C=O) groups excluding carboxylic acids is 1. The fourth-order valence-electron chi connectivity index (χ4n) is 2.47. The van der Waals surface area contributed by atoms with Crippen molar-refractivity contribution in [1.29, 1.82) is 0 Å². The highest BCUT2D eigenvalue weighted by molar-refractivity contribution is 7.98. The molecule has 128 valence electrons.